The van der Waals surface area contributed by atoms with Crippen LogP contribution in [-0.2, 0) is 15.3 Å². The molecule has 6 rings (SSSR count). The van der Waals surface area contributed by atoms with Crippen LogP contribution in [0.1, 0.15) is 62.5 Å². The molecule has 1 aromatic carbocycles. The quantitative estimate of drug-likeness (QED) is 0.239. The number of rotatable bonds is 5. The maximum atomic E-state index is 7.40. The van der Waals surface area contributed by atoms with E-state index in [1.807, 2.05) is 0 Å². The Morgan fingerprint density at radius 3 is 2.35 bits per heavy atom. The number of benzene rings is 1. The normalized spacial score (nSPS) is 36.5. The fraction of sp³-hybridized carbons (Fsp3) is 0.676. The first-order chi connectivity index (χ1) is 19.9. The van der Waals surface area contributed by atoms with Gasteiger partial charge in [0, 0.05) is 10.8 Å². The molecule has 0 bridgehead atoms. The van der Waals surface area contributed by atoms with Gasteiger partial charge in [-0.05, 0) is 143 Å². The highest BCUT2D eigenvalue weighted by Crippen LogP contribution is 2.73. The molecule has 43 heavy (non-hydrogen) atoms. The summed E-state index contributed by atoms with van der Waals surface area (Å²) in [5, 5.41) is 0. The van der Waals surface area contributed by atoms with Crippen LogP contribution < -0.4 is 4.74 Å². The molecule has 7 atom stereocenters. The first-order valence-corrected chi connectivity index (χ1v) is 27.2. The molecule has 1 spiro atoms. The summed E-state index contributed by atoms with van der Waals surface area (Å²) in [6.07, 6.45) is 13.1. The smallest absolute Gasteiger partial charge is 0.242 e. The summed E-state index contributed by atoms with van der Waals surface area (Å²) in [7, 11) is -3.30. The molecule has 0 heterocycles. The predicted molar refractivity (Wildman–Crippen MR) is 187 cm³/mol. The van der Waals surface area contributed by atoms with Crippen LogP contribution in [0.25, 0.3) is 0 Å². The van der Waals surface area contributed by atoms with Gasteiger partial charge in [-0.3, -0.25) is 0 Å². The lowest BCUT2D eigenvalue weighted by Crippen LogP contribution is -2.61. The highest BCUT2D eigenvalue weighted by Gasteiger charge is 2.69. The van der Waals surface area contributed by atoms with Gasteiger partial charge in [0.2, 0.25) is 8.32 Å². The minimum absolute atomic E-state index is 0.0410. The number of ether oxygens (including phenoxy) is 1. The lowest BCUT2D eigenvalue weighted by molar-refractivity contribution is -0.109. The third-order valence-corrected chi connectivity index (χ3v) is 14.1. The molecule has 6 heteroatoms. The van der Waals surface area contributed by atoms with Gasteiger partial charge in [0.25, 0.3) is 0 Å². The highest BCUT2D eigenvalue weighted by molar-refractivity contribution is 6.83. The molecule has 0 amide bonds. The van der Waals surface area contributed by atoms with E-state index < -0.39 is 24.7 Å². The van der Waals surface area contributed by atoms with Crippen LogP contribution >= 0.6 is 0 Å². The standard InChI is InChI=1S/C37H56O3Si3/c1-35-25-32-30-15-13-28(38-2)22-26(30)24-36-18-16-29(39-42(6,7)8)23-27(36)12-14-31(34(32)36)33(35)17-19-37(35,40-43(9,10)11)20-21-41(3,4)5/h13,15-16,22-23,31-34H,12,14,17-19,24-25H2,1-11H3/t31-,32?,33-,34?,35-,36+,37+/m0/s1. The monoisotopic (exact) mass is 632 g/mol. The zero-order chi connectivity index (χ0) is 31.2. The molecule has 0 N–H and O–H groups in total. The third-order valence-electron chi connectivity index (χ3n) is 11.4. The van der Waals surface area contributed by atoms with Gasteiger partial charge >= 0.3 is 0 Å². The van der Waals surface area contributed by atoms with Gasteiger partial charge in [-0.25, -0.2) is 0 Å². The third kappa shape index (κ3) is 5.38. The number of methoxy groups -OCH3 is 1. The van der Waals surface area contributed by atoms with Gasteiger partial charge in [0.1, 0.15) is 19.4 Å². The minimum Gasteiger partial charge on any atom is -0.545 e. The Balaban J connectivity index is 1.50. The molecule has 5 aliphatic rings. The van der Waals surface area contributed by atoms with Crippen molar-refractivity contribution in [1.29, 1.82) is 0 Å². The van der Waals surface area contributed by atoms with Gasteiger partial charge in [0.05, 0.1) is 12.9 Å². The molecule has 3 saturated carbocycles. The van der Waals surface area contributed by atoms with E-state index in [4.69, 9.17) is 13.6 Å². The Labute approximate surface area is 265 Å². The fourth-order valence-corrected chi connectivity index (χ4v) is 13.0. The lowest BCUT2D eigenvalue weighted by atomic mass is 9.40. The van der Waals surface area contributed by atoms with Crippen molar-refractivity contribution >= 4 is 24.7 Å². The second-order valence-electron chi connectivity index (χ2n) is 17.7. The summed E-state index contributed by atoms with van der Waals surface area (Å²) < 4.78 is 19.8. The van der Waals surface area contributed by atoms with Crippen molar-refractivity contribution in [3.05, 3.63) is 52.8 Å². The molecule has 1 aromatic rings. The summed E-state index contributed by atoms with van der Waals surface area (Å²) >= 11 is 0. The molecule has 0 radical (unpaired) electrons. The van der Waals surface area contributed by atoms with Crippen LogP contribution in [0.5, 0.6) is 5.75 Å². The SMILES string of the molecule is COc1ccc2c(c1)C[C@]13CC=C(O[Si](C)(C)C)C=C1CC[C@@H]1C3C2C[C@@]2(C)[C@H]1CC[C@]2(C#C[Si](C)(C)C)O[Si](C)(C)C. The van der Waals surface area contributed by atoms with E-state index in [1.165, 1.54) is 31.2 Å². The van der Waals surface area contributed by atoms with Gasteiger partial charge in [-0.2, -0.15) is 0 Å². The van der Waals surface area contributed by atoms with Crippen molar-refractivity contribution in [2.75, 3.05) is 7.11 Å². The summed E-state index contributed by atoms with van der Waals surface area (Å²) in [5.74, 6) is 8.64. The molecule has 2 unspecified atom stereocenters. The topological polar surface area (TPSA) is 27.7 Å². The summed E-state index contributed by atoms with van der Waals surface area (Å²) in [4.78, 5) is 0. The van der Waals surface area contributed by atoms with Crippen LogP contribution in [0.2, 0.25) is 58.9 Å². The largest absolute Gasteiger partial charge is 0.545 e. The van der Waals surface area contributed by atoms with E-state index >= 15 is 0 Å². The number of fused-ring (bicyclic) bond motifs is 4. The van der Waals surface area contributed by atoms with Crippen molar-refractivity contribution in [3.8, 4) is 17.2 Å². The molecule has 5 aliphatic carbocycles. The maximum Gasteiger partial charge on any atom is 0.242 e. The van der Waals surface area contributed by atoms with Crippen LogP contribution in [0.15, 0.2) is 41.7 Å². The number of hydrogen-bond donors (Lipinski definition) is 0. The lowest BCUT2D eigenvalue weighted by Gasteiger charge is -2.65. The molecular formula is C37H56O3Si3. The molecule has 0 aromatic heterocycles. The fourth-order valence-electron chi connectivity index (χ4n) is 10.2. The molecule has 3 nitrogen and oxygen atoms in total. The van der Waals surface area contributed by atoms with Crippen molar-refractivity contribution in [2.24, 2.45) is 28.6 Å². The van der Waals surface area contributed by atoms with E-state index in [-0.39, 0.29) is 16.4 Å². The molecule has 0 saturated heterocycles. The van der Waals surface area contributed by atoms with Gasteiger partial charge < -0.3 is 13.6 Å². The Morgan fingerprint density at radius 2 is 1.70 bits per heavy atom. The Bertz CT molecular complexity index is 1410. The van der Waals surface area contributed by atoms with Crippen LogP contribution in [-0.4, -0.2) is 37.4 Å². The average Bonchev–Trinajstić information content (AvgIpc) is 3.16. The predicted octanol–water partition coefficient (Wildman–Crippen LogP) is 9.70. The van der Waals surface area contributed by atoms with Gasteiger partial charge in [0.15, 0.2) is 8.32 Å². The van der Waals surface area contributed by atoms with Crippen LogP contribution in [0.3, 0.4) is 0 Å². The van der Waals surface area contributed by atoms with Crippen molar-refractivity contribution < 1.29 is 13.6 Å². The first kappa shape index (κ1) is 31.5. The number of hydrogen-bond acceptors (Lipinski definition) is 3. The zero-order valence-corrected chi connectivity index (χ0v) is 31.9. The van der Waals surface area contributed by atoms with E-state index in [9.17, 15) is 0 Å². The van der Waals surface area contributed by atoms with E-state index in [0.717, 1.165) is 30.8 Å². The second kappa shape index (κ2) is 10.2. The summed E-state index contributed by atoms with van der Waals surface area (Å²) in [5.41, 5.74) is 8.46. The first-order valence-electron chi connectivity index (χ1n) is 16.9. The average molecular weight is 633 g/mol. The maximum absolute atomic E-state index is 7.40. The van der Waals surface area contributed by atoms with Crippen molar-refractivity contribution in [3.63, 3.8) is 0 Å². The van der Waals surface area contributed by atoms with Crippen molar-refractivity contribution in [1.82, 2.24) is 0 Å². The molecule has 234 valence electrons. The zero-order valence-electron chi connectivity index (χ0n) is 28.9. The molecule has 3 fully saturated rings. The van der Waals surface area contributed by atoms with Crippen LogP contribution in [0, 0.1) is 40.0 Å². The Kier molecular flexibility index (Phi) is 7.49. The minimum atomic E-state index is -1.86. The Hall–Kier alpha value is -1.53. The summed E-state index contributed by atoms with van der Waals surface area (Å²) in [6.45, 7) is 23.8. The second-order valence-corrected chi connectivity index (χ2v) is 31.3. The van der Waals surface area contributed by atoms with Crippen molar-refractivity contribution in [2.45, 2.75) is 122 Å². The number of allylic oxidation sites excluding steroid dienone is 3. The van der Waals surface area contributed by atoms with E-state index in [2.05, 4.69) is 108 Å². The Morgan fingerprint density at radius 1 is 0.953 bits per heavy atom. The highest BCUT2D eigenvalue weighted by atomic mass is 28.4. The molecule has 0 aliphatic heterocycles. The van der Waals surface area contributed by atoms with E-state index in [0.29, 0.717) is 23.7 Å². The molecular weight excluding hydrogens is 577 g/mol. The van der Waals surface area contributed by atoms with E-state index in [1.54, 1.807) is 18.2 Å². The summed E-state index contributed by atoms with van der Waals surface area (Å²) in [6, 6.07) is 7.00. The van der Waals surface area contributed by atoms with Gasteiger partial charge in [-0.15, -0.1) is 5.54 Å². The van der Waals surface area contributed by atoms with Gasteiger partial charge in [-0.1, -0.05) is 44.1 Å². The van der Waals surface area contributed by atoms with Crippen LogP contribution in [0.4, 0.5) is 0 Å².